The molecule has 6 atom stereocenters. The SMILES string of the molecule is CCOc1cc([C@H]2C3=CC[C@@H]4C(=O)N(c5ccc(C(=O)c6ccccc6)cc5)C(=O)[C@@H]4[C@@H]3C[C@H]3C(=O)N(Nc4ncc(C(F)(F)F)cc4Cl)C(=O)[C@@]23c2ccc(Cl)cc2)ccc1O. The van der Waals surface area contributed by atoms with Gasteiger partial charge in [-0.25, -0.2) is 4.98 Å². The molecule has 4 aliphatic rings. The van der Waals surface area contributed by atoms with Crippen molar-refractivity contribution >= 4 is 64.1 Å². The Morgan fingerprint density at radius 1 is 0.889 bits per heavy atom. The van der Waals surface area contributed by atoms with Gasteiger partial charge in [0, 0.05) is 28.3 Å². The number of anilines is 2. The van der Waals surface area contributed by atoms with E-state index in [1.165, 1.54) is 6.07 Å². The first-order chi connectivity index (χ1) is 30.1. The van der Waals surface area contributed by atoms with E-state index in [1.807, 2.05) is 6.08 Å². The van der Waals surface area contributed by atoms with Gasteiger partial charge in [-0.3, -0.25) is 34.3 Å². The lowest BCUT2D eigenvalue weighted by atomic mass is 9.49. The lowest BCUT2D eigenvalue weighted by molar-refractivity contribution is -0.139. The van der Waals surface area contributed by atoms with Crippen molar-refractivity contribution in [2.24, 2.45) is 23.7 Å². The van der Waals surface area contributed by atoms with Gasteiger partial charge in [-0.1, -0.05) is 83.4 Å². The third kappa shape index (κ3) is 6.74. The van der Waals surface area contributed by atoms with Crippen molar-refractivity contribution in [2.45, 2.75) is 37.3 Å². The fraction of sp³-hybridized carbons (Fsp3) is 0.234. The van der Waals surface area contributed by atoms with Crippen LogP contribution in [-0.2, 0) is 30.8 Å². The Bertz CT molecular complexity index is 2750. The lowest BCUT2D eigenvalue weighted by Gasteiger charge is -2.50. The number of hydrazine groups is 1. The fourth-order valence-corrected chi connectivity index (χ4v) is 10.2. The van der Waals surface area contributed by atoms with Gasteiger partial charge in [0.15, 0.2) is 23.1 Å². The summed E-state index contributed by atoms with van der Waals surface area (Å²) >= 11 is 12.7. The minimum absolute atomic E-state index is 0.0918. The van der Waals surface area contributed by atoms with E-state index in [0.29, 0.717) is 50.1 Å². The number of carbonyl (C=O) groups is 5. The number of ether oxygens (including phenoxy) is 1. The summed E-state index contributed by atoms with van der Waals surface area (Å²) in [7, 11) is 0. The maximum absolute atomic E-state index is 15.5. The van der Waals surface area contributed by atoms with Gasteiger partial charge in [-0.05, 0) is 91.4 Å². The summed E-state index contributed by atoms with van der Waals surface area (Å²) in [5.41, 5.74) is 2.16. The molecule has 1 aromatic heterocycles. The molecule has 320 valence electrons. The number of pyridine rings is 1. The highest BCUT2D eigenvalue weighted by molar-refractivity contribution is 6.33. The number of hydrogen-bond acceptors (Lipinski definition) is 9. The number of nitrogens with zero attached hydrogens (tertiary/aromatic N) is 3. The molecule has 11 nitrogen and oxygen atoms in total. The lowest BCUT2D eigenvalue weighted by Crippen LogP contribution is -2.53. The Kier molecular flexibility index (Phi) is 10.4. The number of phenols is 1. The zero-order chi connectivity index (χ0) is 44.5. The second kappa shape index (κ2) is 15.7. The van der Waals surface area contributed by atoms with E-state index >= 15 is 9.59 Å². The van der Waals surface area contributed by atoms with E-state index < -0.39 is 81.2 Å². The predicted octanol–water partition coefficient (Wildman–Crippen LogP) is 8.93. The Morgan fingerprint density at radius 3 is 2.25 bits per heavy atom. The van der Waals surface area contributed by atoms with Crippen molar-refractivity contribution in [3.63, 3.8) is 0 Å². The van der Waals surface area contributed by atoms with Crippen LogP contribution >= 0.6 is 23.2 Å². The molecule has 2 aliphatic carbocycles. The van der Waals surface area contributed by atoms with Crippen molar-refractivity contribution < 1.29 is 47.0 Å². The van der Waals surface area contributed by atoms with E-state index in [0.717, 1.165) is 4.90 Å². The third-order valence-electron chi connectivity index (χ3n) is 12.6. The monoisotopic (exact) mass is 894 g/mol. The number of aromatic nitrogens is 1. The number of ketones is 1. The molecule has 63 heavy (non-hydrogen) atoms. The van der Waals surface area contributed by atoms with Crippen molar-refractivity contribution in [2.75, 3.05) is 16.9 Å². The average molecular weight is 896 g/mol. The molecule has 0 bridgehead atoms. The van der Waals surface area contributed by atoms with E-state index in [9.17, 15) is 32.7 Å². The first kappa shape index (κ1) is 41.8. The zero-order valence-corrected chi connectivity index (χ0v) is 34.6. The van der Waals surface area contributed by atoms with E-state index in [-0.39, 0.29) is 42.4 Å². The smallest absolute Gasteiger partial charge is 0.417 e. The predicted molar refractivity (Wildman–Crippen MR) is 225 cm³/mol. The molecule has 0 radical (unpaired) electrons. The molecule has 2 N–H and O–H groups in total. The Morgan fingerprint density at radius 2 is 1.59 bits per heavy atom. The van der Waals surface area contributed by atoms with Crippen molar-refractivity contribution in [1.82, 2.24) is 9.99 Å². The van der Waals surface area contributed by atoms with Gasteiger partial charge in [0.2, 0.25) is 11.8 Å². The Balaban J connectivity index is 1.17. The highest BCUT2D eigenvalue weighted by atomic mass is 35.5. The van der Waals surface area contributed by atoms with Crippen LogP contribution in [0.2, 0.25) is 10.0 Å². The molecular formula is C47H35Cl2F3N4O7. The number of nitrogens with one attached hydrogen (secondary N) is 1. The molecular weight excluding hydrogens is 860 g/mol. The maximum Gasteiger partial charge on any atom is 0.417 e. The highest BCUT2D eigenvalue weighted by Gasteiger charge is 2.70. The average Bonchev–Trinajstić information content (AvgIpc) is 3.65. The first-order valence-electron chi connectivity index (χ1n) is 20.0. The molecule has 0 spiro atoms. The van der Waals surface area contributed by atoms with Crippen molar-refractivity contribution in [3.05, 3.63) is 159 Å². The largest absolute Gasteiger partial charge is 0.504 e. The quantitative estimate of drug-likeness (QED) is 0.0842. The van der Waals surface area contributed by atoms with Crippen molar-refractivity contribution in [1.29, 1.82) is 0 Å². The number of benzene rings is 4. The highest BCUT2D eigenvalue weighted by Crippen LogP contribution is 2.64. The van der Waals surface area contributed by atoms with Crippen LogP contribution in [0.1, 0.15) is 58.3 Å². The van der Waals surface area contributed by atoms with Gasteiger partial charge in [0.05, 0.1) is 46.0 Å². The van der Waals surface area contributed by atoms with Crippen LogP contribution in [0.15, 0.2) is 121 Å². The molecule has 9 rings (SSSR count). The van der Waals surface area contributed by atoms with Crippen molar-refractivity contribution in [3.8, 4) is 11.5 Å². The molecule has 0 unspecified atom stereocenters. The molecule has 2 aliphatic heterocycles. The van der Waals surface area contributed by atoms with Crippen LogP contribution in [0, 0.1) is 23.7 Å². The van der Waals surface area contributed by atoms with Gasteiger partial charge in [-0.15, -0.1) is 0 Å². The molecule has 2 saturated heterocycles. The zero-order valence-electron chi connectivity index (χ0n) is 33.1. The second-order valence-corrected chi connectivity index (χ2v) is 16.7. The van der Waals surface area contributed by atoms with Crippen LogP contribution in [0.3, 0.4) is 0 Å². The van der Waals surface area contributed by atoms with E-state index in [2.05, 4.69) is 10.4 Å². The minimum Gasteiger partial charge on any atom is -0.504 e. The fourth-order valence-electron chi connectivity index (χ4n) is 9.91. The number of hydrogen-bond donors (Lipinski definition) is 2. The van der Waals surface area contributed by atoms with E-state index in [1.54, 1.807) is 97.9 Å². The number of imide groups is 2. The normalized spacial score (nSPS) is 24.2. The van der Waals surface area contributed by atoms with Gasteiger partial charge < -0.3 is 9.84 Å². The number of amides is 4. The Hall–Kier alpha value is -6.51. The topological polar surface area (TPSA) is 146 Å². The number of fused-ring (bicyclic) bond motifs is 4. The standard InChI is InChI=1S/C47H35Cl2F3N4O7/c1-2-63-37-20-26(10-19-36(37)57)39-31-17-18-32-38(44(61)55(42(32)59)30-15-8-25(9-16-30)40(58)24-6-4-3-5-7-24)33(31)22-34-43(60)56(45(62)46(34,39)27-11-13-29(48)14-12-27)54-41-35(49)21-28(23-53-41)47(50,51)52/h3-17,19-21,23,32-34,38-39,57H,2,18,22H2,1H3,(H,53,54)/t32-,33+,34-,38-,39-,46+/m0/s1. The third-order valence-corrected chi connectivity index (χ3v) is 13.1. The first-order valence-corrected chi connectivity index (χ1v) is 20.8. The molecule has 3 heterocycles. The van der Waals surface area contributed by atoms with Crippen LogP contribution < -0.4 is 15.1 Å². The minimum atomic E-state index is -4.78. The second-order valence-electron chi connectivity index (χ2n) is 15.8. The summed E-state index contributed by atoms with van der Waals surface area (Å²) < 4.78 is 46.5. The summed E-state index contributed by atoms with van der Waals surface area (Å²) in [5.74, 6) is -8.17. The molecule has 1 saturated carbocycles. The Labute approximate surface area is 368 Å². The van der Waals surface area contributed by atoms with E-state index in [4.69, 9.17) is 27.9 Å². The summed E-state index contributed by atoms with van der Waals surface area (Å²) in [6, 6.07) is 26.4. The molecule has 16 heteroatoms. The van der Waals surface area contributed by atoms with Crippen LogP contribution in [0.5, 0.6) is 11.5 Å². The van der Waals surface area contributed by atoms with Gasteiger partial charge in [0.1, 0.15) is 0 Å². The number of allylic oxidation sites excluding steroid dienone is 2. The number of rotatable bonds is 9. The number of alkyl halides is 3. The number of carbonyl (C=O) groups excluding carboxylic acids is 5. The molecule has 5 aromatic rings. The molecule has 4 amide bonds. The van der Waals surface area contributed by atoms with Gasteiger partial charge >= 0.3 is 6.18 Å². The molecule has 4 aromatic carbocycles. The van der Waals surface area contributed by atoms with Crippen LogP contribution in [-0.4, -0.2) is 51.1 Å². The summed E-state index contributed by atoms with van der Waals surface area (Å²) in [4.78, 5) is 77.8. The van der Waals surface area contributed by atoms with Gasteiger partial charge in [-0.2, -0.15) is 18.2 Å². The van der Waals surface area contributed by atoms with Crippen LogP contribution in [0.4, 0.5) is 24.7 Å². The van der Waals surface area contributed by atoms with Crippen LogP contribution in [0.25, 0.3) is 0 Å². The molecule has 3 fully saturated rings. The number of halogens is 5. The summed E-state index contributed by atoms with van der Waals surface area (Å²) in [6.45, 7) is 1.90. The number of aromatic hydroxyl groups is 1. The summed E-state index contributed by atoms with van der Waals surface area (Å²) in [5, 5.41) is 11.4. The maximum atomic E-state index is 15.5. The van der Waals surface area contributed by atoms with Gasteiger partial charge in [0.25, 0.3) is 11.8 Å². The summed E-state index contributed by atoms with van der Waals surface area (Å²) in [6.07, 6.45) is -2.40. The number of phenolic OH excluding ortho intramolecular Hbond substituents is 1.